The quantitative estimate of drug-likeness (QED) is 0.481. The number of nitrogens with one attached hydrogen (secondary N) is 2. The lowest BCUT2D eigenvalue weighted by Gasteiger charge is -2.02. The normalized spacial score (nSPS) is 10.8. The minimum Gasteiger partial charge on any atom is -0.318 e. The van der Waals surface area contributed by atoms with Crippen molar-refractivity contribution in [3.8, 4) is 11.3 Å². The van der Waals surface area contributed by atoms with Crippen LogP contribution in [0.1, 0.15) is 16.1 Å². The van der Waals surface area contributed by atoms with Gasteiger partial charge in [-0.3, -0.25) is 14.6 Å². The minimum atomic E-state index is -0.330. The van der Waals surface area contributed by atoms with Crippen LogP contribution in [0.5, 0.6) is 0 Å². The van der Waals surface area contributed by atoms with Crippen LogP contribution in [0, 0.1) is 5.82 Å². The fourth-order valence-corrected chi connectivity index (χ4v) is 2.96. The molecule has 8 heteroatoms. The number of halogens is 2. The minimum absolute atomic E-state index is 0.306. The lowest BCUT2D eigenvalue weighted by Crippen LogP contribution is -2.11. The van der Waals surface area contributed by atoms with Crippen molar-refractivity contribution in [3.05, 3.63) is 88.5 Å². The summed E-state index contributed by atoms with van der Waals surface area (Å²) in [6.07, 6.45) is 3.35. The van der Waals surface area contributed by atoms with E-state index in [0.29, 0.717) is 23.6 Å². The predicted molar refractivity (Wildman–Crippen MR) is 107 cm³/mol. The predicted octanol–water partition coefficient (Wildman–Crippen LogP) is 4.48. The molecule has 6 nitrogen and oxygen atoms in total. The number of aromatic amines is 1. The molecule has 0 atom stereocenters. The molecule has 0 fully saturated rings. The first-order valence-corrected chi connectivity index (χ1v) is 9.26. The van der Waals surface area contributed by atoms with Gasteiger partial charge in [-0.1, -0.05) is 28.1 Å². The number of benzene rings is 2. The Hall–Kier alpha value is -3.26. The molecule has 140 valence electrons. The molecule has 1 amide bonds. The second-order valence-corrected chi connectivity index (χ2v) is 7.10. The monoisotopic (exact) mass is 439 g/mol. The van der Waals surface area contributed by atoms with E-state index < -0.39 is 0 Å². The van der Waals surface area contributed by atoms with Gasteiger partial charge < -0.3 is 5.32 Å². The van der Waals surface area contributed by atoms with Gasteiger partial charge in [0.1, 0.15) is 11.5 Å². The van der Waals surface area contributed by atoms with Gasteiger partial charge in [-0.15, -0.1) is 0 Å². The molecule has 4 aromatic rings. The molecule has 0 bridgehead atoms. The molecule has 2 aromatic heterocycles. The Morgan fingerprint density at radius 1 is 1.14 bits per heavy atom. The molecule has 0 aliphatic rings. The van der Waals surface area contributed by atoms with Crippen molar-refractivity contribution in [1.82, 2.24) is 20.0 Å². The Labute approximate surface area is 168 Å². The average molecular weight is 440 g/mol. The molecule has 0 saturated heterocycles. The highest BCUT2D eigenvalue weighted by Gasteiger charge is 2.12. The van der Waals surface area contributed by atoms with Gasteiger partial charge in [0, 0.05) is 16.2 Å². The van der Waals surface area contributed by atoms with Crippen molar-refractivity contribution in [2.24, 2.45) is 0 Å². The van der Waals surface area contributed by atoms with Crippen molar-refractivity contribution in [3.63, 3.8) is 0 Å². The number of rotatable bonds is 5. The van der Waals surface area contributed by atoms with Crippen molar-refractivity contribution >= 4 is 27.5 Å². The molecule has 0 aliphatic carbocycles. The highest BCUT2D eigenvalue weighted by Crippen LogP contribution is 2.19. The summed E-state index contributed by atoms with van der Waals surface area (Å²) in [6.45, 7) is 0.599. The van der Waals surface area contributed by atoms with Gasteiger partial charge in [-0.05, 0) is 48.0 Å². The number of H-pyrrole nitrogens is 1. The summed E-state index contributed by atoms with van der Waals surface area (Å²) in [5.74, 6) is -0.651. The zero-order chi connectivity index (χ0) is 19.5. The van der Waals surface area contributed by atoms with Crippen LogP contribution in [0.15, 0.2) is 71.5 Å². The number of carbonyl (C=O) groups is 1. The number of anilines is 1. The zero-order valence-corrected chi connectivity index (χ0v) is 16.1. The molecular weight excluding hydrogens is 425 g/mol. The number of hydrogen-bond donors (Lipinski definition) is 2. The van der Waals surface area contributed by atoms with Crippen molar-refractivity contribution in [2.75, 3.05) is 5.32 Å². The zero-order valence-electron chi connectivity index (χ0n) is 14.6. The summed E-state index contributed by atoms with van der Waals surface area (Å²) in [4.78, 5) is 12.4. The van der Waals surface area contributed by atoms with Crippen LogP contribution in [0.4, 0.5) is 10.1 Å². The lowest BCUT2D eigenvalue weighted by atomic mass is 10.1. The second-order valence-electron chi connectivity index (χ2n) is 6.18. The highest BCUT2D eigenvalue weighted by atomic mass is 79.9. The van der Waals surface area contributed by atoms with Crippen LogP contribution in [0.2, 0.25) is 0 Å². The van der Waals surface area contributed by atoms with Gasteiger partial charge in [0.2, 0.25) is 0 Å². The van der Waals surface area contributed by atoms with Gasteiger partial charge >= 0.3 is 0 Å². The van der Waals surface area contributed by atoms with E-state index in [0.717, 1.165) is 15.6 Å². The van der Waals surface area contributed by atoms with E-state index >= 15 is 0 Å². The van der Waals surface area contributed by atoms with Crippen LogP contribution >= 0.6 is 15.9 Å². The van der Waals surface area contributed by atoms with E-state index in [4.69, 9.17) is 0 Å². The van der Waals surface area contributed by atoms with E-state index in [-0.39, 0.29) is 11.7 Å². The maximum Gasteiger partial charge on any atom is 0.273 e. The average Bonchev–Trinajstić information content (AvgIpc) is 3.34. The van der Waals surface area contributed by atoms with Crippen molar-refractivity contribution in [1.29, 1.82) is 0 Å². The molecule has 2 N–H and O–H groups in total. The van der Waals surface area contributed by atoms with Crippen LogP contribution in [0.25, 0.3) is 11.3 Å². The summed E-state index contributed by atoms with van der Waals surface area (Å²) in [6, 6.07) is 15.5. The van der Waals surface area contributed by atoms with Gasteiger partial charge in [0.05, 0.1) is 24.1 Å². The fraction of sp³-hybridized carbons (Fsp3) is 0.0500. The van der Waals surface area contributed by atoms with Gasteiger partial charge in [0.15, 0.2) is 0 Å². The standard InChI is InChI=1S/C20H15BrFN5O/c21-15-5-1-13(2-6-15)11-27-12-17(10-23-27)24-20(28)19-9-18(25-26-19)14-3-7-16(22)8-4-14/h1-10,12H,11H2,(H,24,28)(H,25,26). The van der Waals surface area contributed by atoms with Gasteiger partial charge in [-0.25, -0.2) is 4.39 Å². The van der Waals surface area contributed by atoms with Gasteiger partial charge in [0.25, 0.3) is 5.91 Å². The first kappa shape index (κ1) is 18.1. The third-order valence-electron chi connectivity index (χ3n) is 4.11. The van der Waals surface area contributed by atoms with Crippen molar-refractivity contribution < 1.29 is 9.18 Å². The van der Waals surface area contributed by atoms with Gasteiger partial charge in [-0.2, -0.15) is 10.2 Å². The van der Waals surface area contributed by atoms with E-state index in [1.165, 1.54) is 12.1 Å². The smallest absolute Gasteiger partial charge is 0.273 e. The Bertz CT molecular complexity index is 1100. The molecular formula is C20H15BrFN5O. The van der Waals surface area contributed by atoms with Crippen LogP contribution < -0.4 is 5.32 Å². The fourth-order valence-electron chi connectivity index (χ4n) is 2.70. The number of hydrogen-bond acceptors (Lipinski definition) is 3. The molecule has 0 unspecified atom stereocenters. The van der Waals surface area contributed by atoms with Crippen LogP contribution in [-0.2, 0) is 6.54 Å². The van der Waals surface area contributed by atoms with Crippen molar-refractivity contribution in [2.45, 2.75) is 6.54 Å². The highest BCUT2D eigenvalue weighted by molar-refractivity contribution is 9.10. The number of nitrogens with zero attached hydrogens (tertiary/aromatic N) is 3. The topological polar surface area (TPSA) is 75.6 Å². The molecule has 0 spiro atoms. The summed E-state index contributed by atoms with van der Waals surface area (Å²) >= 11 is 3.41. The third-order valence-corrected chi connectivity index (χ3v) is 4.64. The summed E-state index contributed by atoms with van der Waals surface area (Å²) in [7, 11) is 0. The molecule has 0 aliphatic heterocycles. The van der Waals surface area contributed by atoms with Crippen LogP contribution in [0.3, 0.4) is 0 Å². The first-order valence-electron chi connectivity index (χ1n) is 8.46. The van der Waals surface area contributed by atoms with E-state index in [1.54, 1.807) is 35.3 Å². The third kappa shape index (κ3) is 4.17. The number of aromatic nitrogens is 4. The largest absolute Gasteiger partial charge is 0.318 e. The molecule has 0 saturated carbocycles. The Kier molecular flexibility index (Phi) is 5.03. The van der Waals surface area contributed by atoms with E-state index in [1.807, 2.05) is 24.3 Å². The molecule has 28 heavy (non-hydrogen) atoms. The number of amides is 1. The second kappa shape index (κ2) is 7.77. The van der Waals surface area contributed by atoms with Crippen LogP contribution in [-0.4, -0.2) is 25.9 Å². The Balaban J connectivity index is 1.42. The summed E-state index contributed by atoms with van der Waals surface area (Å²) in [5.41, 5.74) is 3.27. The Morgan fingerprint density at radius 3 is 2.64 bits per heavy atom. The van der Waals surface area contributed by atoms with E-state index in [2.05, 4.69) is 36.5 Å². The van der Waals surface area contributed by atoms with E-state index in [9.17, 15) is 9.18 Å². The SMILES string of the molecule is O=C(Nc1cnn(Cc2ccc(Br)cc2)c1)c1cc(-c2ccc(F)cc2)n[nH]1. The lowest BCUT2D eigenvalue weighted by molar-refractivity contribution is 0.102. The molecule has 0 radical (unpaired) electrons. The molecule has 4 rings (SSSR count). The summed E-state index contributed by atoms with van der Waals surface area (Å²) in [5, 5.41) is 13.9. The molecule has 2 heterocycles. The Morgan fingerprint density at radius 2 is 1.89 bits per heavy atom. The summed E-state index contributed by atoms with van der Waals surface area (Å²) < 4.78 is 15.8. The maximum absolute atomic E-state index is 13.0. The number of carbonyl (C=O) groups excluding carboxylic acids is 1. The molecule has 2 aromatic carbocycles. The first-order chi connectivity index (χ1) is 13.6. The maximum atomic E-state index is 13.0.